The zero-order valence-electron chi connectivity index (χ0n) is 31.0. The summed E-state index contributed by atoms with van der Waals surface area (Å²) >= 11 is 0. The minimum Gasteiger partial charge on any atom is -0.496 e. The average Bonchev–Trinajstić information content (AvgIpc) is 3.10. The van der Waals surface area contributed by atoms with Crippen LogP contribution < -0.4 is 24.3 Å². The second-order valence-corrected chi connectivity index (χ2v) is 13.4. The van der Waals surface area contributed by atoms with E-state index in [4.69, 9.17) is 23.7 Å². The van der Waals surface area contributed by atoms with Crippen molar-refractivity contribution in [1.82, 2.24) is 5.32 Å². The molecule has 0 aliphatic rings. The molecule has 0 radical (unpaired) electrons. The second-order valence-electron chi connectivity index (χ2n) is 13.4. The lowest BCUT2D eigenvalue weighted by molar-refractivity contribution is -0.461. The van der Waals surface area contributed by atoms with Gasteiger partial charge < -0.3 is 23.7 Å². The molecule has 0 aliphatic carbocycles. The van der Waals surface area contributed by atoms with E-state index in [1.165, 1.54) is 0 Å². The molecule has 0 bridgehead atoms. The molecular formula is C34H36F17NO6. The number of hydrogen-bond acceptors (Lipinski definition) is 7. The number of carbonyl (C=O) groups excluding carboxylic acids is 1. The van der Waals surface area contributed by atoms with Crippen molar-refractivity contribution in [3.8, 4) is 23.0 Å². The van der Waals surface area contributed by atoms with Gasteiger partial charge in [0, 0.05) is 25.1 Å². The first kappa shape index (κ1) is 50.0. The van der Waals surface area contributed by atoms with Gasteiger partial charge in [-0.1, -0.05) is 12.1 Å². The predicted molar refractivity (Wildman–Crippen MR) is 168 cm³/mol. The minimum atomic E-state index is -8.70. The van der Waals surface area contributed by atoms with Crippen molar-refractivity contribution in [3.63, 3.8) is 0 Å². The van der Waals surface area contributed by atoms with E-state index in [-0.39, 0.29) is 35.8 Å². The maximum absolute atomic E-state index is 14.3. The molecule has 0 spiro atoms. The van der Waals surface area contributed by atoms with Gasteiger partial charge in [-0.05, 0) is 51.3 Å². The summed E-state index contributed by atoms with van der Waals surface area (Å²) in [5.74, 6) is -57.5. The van der Waals surface area contributed by atoms with Crippen molar-refractivity contribution in [2.75, 3.05) is 27.9 Å². The molecule has 0 aliphatic heterocycles. The summed E-state index contributed by atoms with van der Waals surface area (Å²) in [5, 5.41) is 2.94. The van der Waals surface area contributed by atoms with E-state index < -0.39 is 84.7 Å². The number of benzene rings is 2. The lowest BCUT2D eigenvalue weighted by Gasteiger charge is -2.42. The van der Waals surface area contributed by atoms with Crippen molar-refractivity contribution in [2.24, 2.45) is 0 Å². The molecular weight excluding hydrogens is 841 g/mol. The van der Waals surface area contributed by atoms with Gasteiger partial charge in [-0.2, -0.15) is 74.6 Å². The highest BCUT2D eigenvalue weighted by Crippen LogP contribution is 2.64. The van der Waals surface area contributed by atoms with Crippen LogP contribution in [0.1, 0.15) is 44.7 Å². The maximum atomic E-state index is 14.3. The first-order chi connectivity index (χ1) is 26.1. The Labute approximate surface area is 319 Å². The average molecular weight is 878 g/mol. The monoisotopic (exact) mass is 877 g/mol. The lowest BCUT2D eigenvalue weighted by Crippen LogP contribution is -2.74. The smallest absolute Gasteiger partial charge is 0.460 e. The van der Waals surface area contributed by atoms with Gasteiger partial charge in [0.1, 0.15) is 34.6 Å². The zero-order valence-corrected chi connectivity index (χ0v) is 31.0. The Morgan fingerprint density at radius 1 is 0.638 bits per heavy atom. The molecule has 0 heterocycles. The summed E-state index contributed by atoms with van der Waals surface area (Å²) < 4.78 is 257. The SMILES string of the molecule is COC(=O)[C@H](Cc1ccc(OC(C)(C)C)cc1)NCc1c(OC)cc(OCCCC(F)(F)C(F)(F)C(F)(F)C(F)(F)C(F)(F)C(F)(F)C(F)(F)C(F)(F)F)cc1OC. The summed E-state index contributed by atoms with van der Waals surface area (Å²) in [6.45, 7) is 4.17. The molecule has 1 atom stereocenters. The molecule has 2 rings (SSSR count). The Balaban J connectivity index is 2.23. The van der Waals surface area contributed by atoms with Gasteiger partial charge in [0.25, 0.3) is 0 Å². The summed E-state index contributed by atoms with van der Waals surface area (Å²) in [6.07, 6.45) is -11.9. The van der Waals surface area contributed by atoms with Crippen LogP contribution in [0.5, 0.6) is 23.0 Å². The predicted octanol–water partition coefficient (Wildman–Crippen LogP) is 9.92. The second kappa shape index (κ2) is 17.2. The molecule has 24 heteroatoms. The normalized spacial score (nSPS) is 14.5. The lowest BCUT2D eigenvalue weighted by atomic mass is 9.88. The van der Waals surface area contributed by atoms with E-state index in [0.29, 0.717) is 11.3 Å². The van der Waals surface area contributed by atoms with E-state index in [1.54, 1.807) is 24.3 Å². The molecule has 0 saturated heterocycles. The van der Waals surface area contributed by atoms with E-state index >= 15 is 0 Å². The summed E-state index contributed by atoms with van der Waals surface area (Å²) in [6, 6.07) is 7.92. The van der Waals surface area contributed by atoms with Crippen molar-refractivity contribution >= 4 is 5.97 Å². The van der Waals surface area contributed by atoms with Crippen molar-refractivity contribution in [2.45, 2.75) is 106 Å². The third-order valence-corrected chi connectivity index (χ3v) is 8.07. The number of alkyl halides is 17. The van der Waals surface area contributed by atoms with Crippen LogP contribution in [0.3, 0.4) is 0 Å². The number of carbonyl (C=O) groups is 1. The number of methoxy groups -OCH3 is 3. The Kier molecular flexibility index (Phi) is 14.9. The first-order valence-corrected chi connectivity index (χ1v) is 16.3. The van der Waals surface area contributed by atoms with Gasteiger partial charge in [0.15, 0.2) is 0 Å². The number of ether oxygens (including phenoxy) is 5. The molecule has 1 N–H and O–H groups in total. The Bertz CT molecular complexity index is 1670. The van der Waals surface area contributed by atoms with Gasteiger partial charge in [0.05, 0.1) is 33.5 Å². The van der Waals surface area contributed by atoms with Crippen LogP contribution in [0, 0.1) is 0 Å². The summed E-state index contributed by atoms with van der Waals surface area (Å²) in [4.78, 5) is 12.6. The third kappa shape index (κ3) is 9.83. The fourth-order valence-electron chi connectivity index (χ4n) is 4.94. The van der Waals surface area contributed by atoms with Gasteiger partial charge in [-0.25, -0.2) is 0 Å². The molecule has 0 saturated carbocycles. The van der Waals surface area contributed by atoms with Gasteiger partial charge in [-0.15, -0.1) is 0 Å². The highest BCUT2D eigenvalue weighted by Gasteiger charge is 2.95. The zero-order chi connectivity index (χ0) is 45.1. The number of halogens is 17. The van der Waals surface area contributed by atoms with Crippen LogP contribution in [0.25, 0.3) is 0 Å². The maximum Gasteiger partial charge on any atom is 0.460 e. The van der Waals surface area contributed by atoms with Gasteiger partial charge in [0.2, 0.25) is 0 Å². The van der Waals surface area contributed by atoms with E-state index in [2.05, 4.69) is 5.32 Å². The quantitative estimate of drug-likeness (QED) is 0.0807. The van der Waals surface area contributed by atoms with Crippen LogP contribution >= 0.6 is 0 Å². The molecule has 0 fully saturated rings. The van der Waals surface area contributed by atoms with Crippen molar-refractivity contribution in [3.05, 3.63) is 47.5 Å². The molecule has 2 aromatic carbocycles. The molecule has 0 aromatic heterocycles. The van der Waals surface area contributed by atoms with E-state index in [0.717, 1.165) is 33.5 Å². The molecule has 2 aromatic rings. The Hall–Kier alpha value is -4.12. The number of esters is 1. The fourth-order valence-corrected chi connectivity index (χ4v) is 4.94. The molecule has 0 unspecified atom stereocenters. The number of rotatable bonds is 20. The van der Waals surface area contributed by atoms with Crippen molar-refractivity contribution < 1.29 is 103 Å². The summed E-state index contributed by atoms with van der Waals surface area (Å²) in [5.41, 5.74) is 0.397. The molecule has 332 valence electrons. The van der Waals surface area contributed by atoms with E-state index in [9.17, 15) is 79.4 Å². The molecule has 58 heavy (non-hydrogen) atoms. The topological polar surface area (TPSA) is 75.3 Å². The van der Waals surface area contributed by atoms with Gasteiger partial charge >= 0.3 is 53.6 Å². The summed E-state index contributed by atoms with van der Waals surface area (Å²) in [7, 11) is 3.39. The van der Waals surface area contributed by atoms with Crippen LogP contribution in [0.4, 0.5) is 74.6 Å². The fraction of sp³-hybridized carbons (Fsp3) is 0.618. The van der Waals surface area contributed by atoms with Gasteiger partial charge in [-0.3, -0.25) is 10.1 Å². The highest BCUT2D eigenvalue weighted by atomic mass is 19.4. The Morgan fingerprint density at radius 2 is 1.09 bits per heavy atom. The standard InChI is InChI=1S/C34H36F17NO6/c1-26(2,3)58-19-10-8-18(9-11-19)14-22(25(53)56-6)52-17-21-23(54-4)15-20(16-24(21)55-5)57-13-7-12-27(35,36)28(37,38)29(39,40)30(41,42)31(43,44)32(45,46)33(47,48)34(49,50)51/h8-11,15-16,22,52H,7,12-14,17H2,1-6H3/t22-/m0/s1. The molecule has 0 amide bonds. The van der Waals surface area contributed by atoms with E-state index in [1.807, 2.05) is 20.8 Å². The highest BCUT2D eigenvalue weighted by molar-refractivity contribution is 5.76. The van der Waals surface area contributed by atoms with Crippen LogP contribution in [-0.2, 0) is 22.5 Å². The Morgan fingerprint density at radius 3 is 1.50 bits per heavy atom. The minimum absolute atomic E-state index is 0.0817. The van der Waals surface area contributed by atoms with Crippen LogP contribution in [-0.4, -0.2) is 93.2 Å². The van der Waals surface area contributed by atoms with Crippen LogP contribution in [0.15, 0.2) is 36.4 Å². The first-order valence-electron chi connectivity index (χ1n) is 16.3. The third-order valence-electron chi connectivity index (χ3n) is 8.07. The van der Waals surface area contributed by atoms with Crippen molar-refractivity contribution in [1.29, 1.82) is 0 Å². The largest absolute Gasteiger partial charge is 0.496 e. The number of hydrogen-bond donors (Lipinski definition) is 1. The molecule has 7 nitrogen and oxygen atoms in total. The number of nitrogens with one attached hydrogen (secondary N) is 1. The van der Waals surface area contributed by atoms with Crippen LogP contribution in [0.2, 0.25) is 0 Å².